The van der Waals surface area contributed by atoms with E-state index in [1.165, 1.54) is 0 Å². The zero-order valence-corrected chi connectivity index (χ0v) is 18.6. The molecular formula is C27H21N3O2S. The van der Waals surface area contributed by atoms with E-state index in [9.17, 15) is 9.90 Å². The maximum absolute atomic E-state index is 11.4. The van der Waals surface area contributed by atoms with Crippen LogP contribution >= 0.6 is 11.3 Å². The Morgan fingerprint density at radius 2 is 1.61 bits per heavy atom. The number of carbonyl (C=O) groups is 1. The standard InChI is InChI=1S/C27H21N3O2S/c31-25(32)16-15-20(27-28-23-13-7-8-14-24(23)33-27)17-21-18-30(22-11-5-2-6-12-22)29-26(21)19-9-3-1-4-10-19/h1-14,17-18H,15-16H2,(H,31,32). The molecule has 0 amide bonds. The van der Waals surface area contributed by atoms with Crippen molar-refractivity contribution >= 4 is 39.2 Å². The summed E-state index contributed by atoms with van der Waals surface area (Å²) in [4.78, 5) is 16.2. The Morgan fingerprint density at radius 1 is 0.909 bits per heavy atom. The van der Waals surface area contributed by atoms with Crippen LogP contribution in [-0.2, 0) is 4.79 Å². The molecule has 33 heavy (non-hydrogen) atoms. The van der Waals surface area contributed by atoms with Crippen molar-refractivity contribution in [1.29, 1.82) is 0 Å². The molecular weight excluding hydrogens is 430 g/mol. The molecule has 6 heteroatoms. The molecule has 0 aliphatic rings. The van der Waals surface area contributed by atoms with Crippen molar-refractivity contribution in [2.75, 3.05) is 0 Å². The molecule has 162 valence electrons. The molecule has 0 bridgehead atoms. The molecule has 0 radical (unpaired) electrons. The van der Waals surface area contributed by atoms with Crippen molar-refractivity contribution < 1.29 is 9.90 Å². The number of para-hydroxylation sites is 2. The molecule has 0 unspecified atom stereocenters. The van der Waals surface area contributed by atoms with Crippen LogP contribution in [-0.4, -0.2) is 25.8 Å². The molecule has 0 spiro atoms. The fourth-order valence-electron chi connectivity index (χ4n) is 3.71. The van der Waals surface area contributed by atoms with Crippen molar-refractivity contribution in [3.8, 4) is 16.9 Å². The number of carboxylic acid groups (broad SMARTS) is 1. The zero-order chi connectivity index (χ0) is 22.6. The third-order valence-corrected chi connectivity index (χ3v) is 6.43. The molecule has 0 saturated carbocycles. The predicted octanol–water partition coefficient (Wildman–Crippen LogP) is 6.55. The highest BCUT2D eigenvalue weighted by molar-refractivity contribution is 7.19. The SMILES string of the molecule is O=C(O)CCC(=Cc1cn(-c2ccccc2)nc1-c1ccccc1)c1nc2ccccc2s1. The first kappa shape index (κ1) is 20.8. The van der Waals surface area contributed by atoms with Crippen molar-refractivity contribution in [3.05, 3.63) is 102 Å². The van der Waals surface area contributed by atoms with Gasteiger partial charge in [0.05, 0.1) is 21.6 Å². The topological polar surface area (TPSA) is 68.0 Å². The molecule has 2 aromatic heterocycles. The molecule has 0 aliphatic heterocycles. The van der Waals surface area contributed by atoms with Crippen LogP contribution in [0.25, 0.3) is 38.8 Å². The fraction of sp³-hybridized carbons (Fsp3) is 0.0741. The summed E-state index contributed by atoms with van der Waals surface area (Å²) in [5.41, 5.74) is 5.53. The van der Waals surface area contributed by atoms with Gasteiger partial charge in [-0.1, -0.05) is 60.7 Å². The third-order valence-electron chi connectivity index (χ3n) is 5.32. The van der Waals surface area contributed by atoms with Crippen LogP contribution < -0.4 is 0 Å². The largest absolute Gasteiger partial charge is 0.481 e. The fourth-order valence-corrected chi connectivity index (χ4v) is 4.72. The van der Waals surface area contributed by atoms with E-state index in [0.717, 1.165) is 43.3 Å². The molecule has 3 aromatic carbocycles. The lowest BCUT2D eigenvalue weighted by molar-refractivity contribution is -0.136. The Labute approximate surface area is 195 Å². The van der Waals surface area contributed by atoms with Crippen molar-refractivity contribution in [3.63, 3.8) is 0 Å². The molecule has 0 saturated heterocycles. The van der Waals surface area contributed by atoms with E-state index in [4.69, 9.17) is 10.1 Å². The number of hydrogen-bond donors (Lipinski definition) is 1. The molecule has 5 rings (SSSR count). The van der Waals surface area contributed by atoms with Gasteiger partial charge in [-0.2, -0.15) is 5.10 Å². The van der Waals surface area contributed by atoms with Gasteiger partial charge in [-0.15, -0.1) is 11.3 Å². The van der Waals surface area contributed by atoms with Crippen molar-refractivity contribution in [2.45, 2.75) is 12.8 Å². The summed E-state index contributed by atoms with van der Waals surface area (Å²) in [6.07, 6.45) is 4.45. The minimum Gasteiger partial charge on any atom is -0.481 e. The Hall–Kier alpha value is -4.03. The number of rotatable bonds is 7. The maximum atomic E-state index is 11.4. The van der Waals surface area contributed by atoms with E-state index >= 15 is 0 Å². The van der Waals surface area contributed by atoms with E-state index in [-0.39, 0.29) is 6.42 Å². The average molecular weight is 452 g/mol. The Kier molecular flexibility index (Phi) is 5.83. The van der Waals surface area contributed by atoms with Gasteiger partial charge in [0.1, 0.15) is 5.01 Å². The number of aromatic nitrogens is 3. The lowest BCUT2D eigenvalue weighted by atomic mass is 10.0. The quantitative estimate of drug-likeness (QED) is 0.304. The molecule has 0 aliphatic carbocycles. The summed E-state index contributed by atoms with van der Waals surface area (Å²) in [6, 6.07) is 27.9. The summed E-state index contributed by atoms with van der Waals surface area (Å²) in [5.74, 6) is -0.828. The smallest absolute Gasteiger partial charge is 0.303 e. The minimum atomic E-state index is -0.828. The van der Waals surface area contributed by atoms with Gasteiger partial charge in [0.2, 0.25) is 0 Å². The second-order valence-electron chi connectivity index (χ2n) is 7.63. The summed E-state index contributed by atoms with van der Waals surface area (Å²) < 4.78 is 2.94. The normalized spacial score (nSPS) is 11.7. The molecule has 5 nitrogen and oxygen atoms in total. The van der Waals surface area contributed by atoms with E-state index in [1.54, 1.807) is 11.3 Å². The number of benzene rings is 3. The Morgan fingerprint density at radius 3 is 2.33 bits per heavy atom. The van der Waals surface area contributed by atoms with E-state index < -0.39 is 5.97 Å². The van der Waals surface area contributed by atoms with Crippen molar-refractivity contribution in [1.82, 2.24) is 14.8 Å². The number of allylic oxidation sites excluding steroid dienone is 1. The second-order valence-corrected chi connectivity index (χ2v) is 8.66. The highest BCUT2D eigenvalue weighted by Gasteiger charge is 2.15. The Balaban J connectivity index is 1.65. The number of carboxylic acids is 1. The highest BCUT2D eigenvalue weighted by atomic mass is 32.1. The zero-order valence-electron chi connectivity index (χ0n) is 17.8. The minimum absolute atomic E-state index is 0.0370. The lowest BCUT2D eigenvalue weighted by Gasteiger charge is -2.04. The van der Waals surface area contributed by atoms with Gasteiger partial charge in [-0.25, -0.2) is 9.67 Å². The van der Waals surface area contributed by atoms with Gasteiger partial charge in [-0.05, 0) is 42.3 Å². The van der Waals surface area contributed by atoms with Gasteiger partial charge in [0.15, 0.2) is 0 Å². The van der Waals surface area contributed by atoms with Gasteiger partial charge in [0.25, 0.3) is 0 Å². The molecule has 0 fully saturated rings. The Bertz CT molecular complexity index is 1400. The summed E-state index contributed by atoms with van der Waals surface area (Å²) in [6.45, 7) is 0. The van der Waals surface area contributed by atoms with Crippen LogP contribution in [0.5, 0.6) is 0 Å². The first-order chi connectivity index (χ1) is 16.2. The monoisotopic (exact) mass is 451 g/mol. The second kappa shape index (κ2) is 9.22. The molecule has 2 heterocycles. The van der Waals surface area contributed by atoms with Crippen molar-refractivity contribution in [2.24, 2.45) is 0 Å². The van der Waals surface area contributed by atoms with Crippen LogP contribution in [0.1, 0.15) is 23.4 Å². The number of nitrogens with zero attached hydrogens (tertiary/aromatic N) is 3. The van der Waals surface area contributed by atoms with Crippen LogP contribution in [0, 0.1) is 0 Å². The van der Waals surface area contributed by atoms with Gasteiger partial charge >= 0.3 is 5.97 Å². The number of fused-ring (bicyclic) bond motifs is 1. The number of hydrogen-bond acceptors (Lipinski definition) is 4. The third kappa shape index (κ3) is 4.61. The molecule has 5 aromatic rings. The van der Waals surface area contributed by atoms with Crippen LogP contribution in [0.15, 0.2) is 91.1 Å². The van der Waals surface area contributed by atoms with Crippen LogP contribution in [0.4, 0.5) is 0 Å². The summed E-state index contributed by atoms with van der Waals surface area (Å²) in [5, 5.41) is 15.1. The molecule has 0 atom stereocenters. The first-order valence-corrected chi connectivity index (χ1v) is 11.5. The summed E-state index contributed by atoms with van der Waals surface area (Å²) >= 11 is 1.58. The highest BCUT2D eigenvalue weighted by Crippen LogP contribution is 2.33. The number of thiazole rings is 1. The van der Waals surface area contributed by atoms with Crippen LogP contribution in [0.2, 0.25) is 0 Å². The van der Waals surface area contributed by atoms with Gasteiger partial charge in [-0.3, -0.25) is 4.79 Å². The van der Waals surface area contributed by atoms with E-state index in [1.807, 2.05) is 102 Å². The number of aliphatic carboxylic acids is 1. The first-order valence-electron chi connectivity index (χ1n) is 10.7. The summed E-state index contributed by atoms with van der Waals surface area (Å²) in [7, 11) is 0. The van der Waals surface area contributed by atoms with E-state index in [2.05, 4.69) is 0 Å². The molecule has 1 N–H and O–H groups in total. The lowest BCUT2D eigenvalue weighted by Crippen LogP contribution is -1.95. The average Bonchev–Trinajstić information content (AvgIpc) is 3.47. The van der Waals surface area contributed by atoms with Crippen LogP contribution in [0.3, 0.4) is 0 Å². The van der Waals surface area contributed by atoms with E-state index in [0.29, 0.717) is 6.42 Å². The van der Waals surface area contributed by atoms with Gasteiger partial charge in [0, 0.05) is 23.7 Å². The maximum Gasteiger partial charge on any atom is 0.303 e. The van der Waals surface area contributed by atoms with Gasteiger partial charge < -0.3 is 5.11 Å². The predicted molar refractivity (Wildman–Crippen MR) is 133 cm³/mol.